The summed E-state index contributed by atoms with van der Waals surface area (Å²) < 4.78 is 29.1. The van der Waals surface area contributed by atoms with E-state index in [4.69, 9.17) is 11.6 Å². The molecule has 0 spiro atoms. The van der Waals surface area contributed by atoms with Gasteiger partial charge in [-0.15, -0.1) is 0 Å². The van der Waals surface area contributed by atoms with Crippen LogP contribution in [0, 0.1) is 11.6 Å². The summed E-state index contributed by atoms with van der Waals surface area (Å²) >= 11 is 5.58. The number of halogens is 3. The first-order chi connectivity index (χ1) is 15.6. The van der Waals surface area contributed by atoms with Crippen LogP contribution in [-0.2, 0) is 13.1 Å². The number of rotatable bonds is 7. The van der Waals surface area contributed by atoms with E-state index >= 15 is 0 Å². The van der Waals surface area contributed by atoms with Gasteiger partial charge in [0.25, 0.3) is 11.8 Å². The predicted molar refractivity (Wildman–Crippen MR) is 119 cm³/mol. The van der Waals surface area contributed by atoms with Gasteiger partial charge in [-0.3, -0.25) is 14.4 Å². The zero-order valence-electron chi connectivity index (χ0n) is 18.5. The topological polar surface area (TPSA) is 104 Å². The van der Waals surface area contributed by atoms with Gasteiger partial charge in [0.1, 0.15) is 22.2 Å². The lowest BCUT2D eigenvalue weighted by Crippen LogP contribution is -2.37. The molecule has 0 saturated heterocycles. The summed E-state index contributed by atoms with van der Waals surface area (Å²) in [6.07, 6.45) is 0.495. The number of pyridine rings is 1. The molecule has 11 heteroatoms. The van der Waals surface area contributed by atoms with E-state index in [2.05, 4.69) is 10.6 Å². The molecule has 1 aromatic heterocycles. The second kappa shape index (κ2) is 9.88. The highest BCUT2D eigenvalue weighted by Gasteiger charge is 2.36. The number of hydrogen-bond acceptors (Lipinski definition) is 5. The van der Waals surface area contributed by atoms with E-state index in [1.807, 2.05) is 6.92 Å². The van der Waals surface area contributed by atoms with Crippen LogP contribution in [0.5, 0.6) is 5.75 Å². The molecule has 8 nitrogen and oxygen atoms in total. The maximum atomic E-state index is 14.2. The lowest BCUT2D eigenvalue weighted by atomic mass is 10.0. The fourth-order valence-corrected chi connectivity index (χ4v) is 4.07. The van der Waals surface area contributed by atoms with E-state index in [-0.39, 0.29) is 29.1 Å². The molecule has 178 valence electrons. The first-order valence-corrected chi connectivity index (χ1v) is 10.9. The van der Waals surface area contributed by atoms with Crippen LogP contribution in [0.25, 0.3) is 0 Å². The van der Waals surface area contributed by atoms with Crippen molar-refractivity contribution in [3.8, 4) is 5.75 Å². The molecule has 1 atom stereocenters. The van der Waals surface area contributed by atoms with Crippen molar-refractivity contribution in [1.29, 1.82) is 0 Å². The van der Waals surface area contributed by atoms with Crippen LogP contribution in [0.15, 0.2) is 16.9 Å². The molecular weight excluding hydrogens is 458 g/mol. The Hall–Kier alpha value is -2.98. The Labute approximate surface area is 194 Å². The third-order valence-corrected chi connectivity index (χ3v) is 6.06. The molecule has 0 fully saturated rings. The molecule has 1 aliphatic rings. The molecule has 0 saturated carbocycles. The summed E-state index contributed by atoms with van der Waals surface area (Å²) in [5.41, 5.74) is -1.29. The van der Waals surface area contributed by atoms with Crippen LogP contribution in [0.4, 0.5) is 8.78 Å². The lowest BCUT2D eigenvalue weighted by Gasteiger charge is -2.22. The average Bonchev–Trinajstić information content (AvgIpc) is 3.19. The maximum absolute atomic E-state index is 14.2. The molecule has 3 N–H and O–H groups in total. The van der Waals surface area contributed by atoms with Crippen molar-refractivity contribution in [3.63, 3.8) is 0 Å². The van der Waals surface area contributed by atoms with Crippen molar-refractivity contribution in [3.05, 3.63) is 61.5 Å². The maximum Gasteiger partial charge on any atom is 0.274 e. The molecule has 3 rings (SSSR count). The van der Waals surface area contributed by atoms with Gasteiger partial charge in [-0.2, -0.15) is 0 Å². The largest absolute Gasteiger partial charge is 0.503 e. The number of benzene rings is 1. The number of aromatic hydroxyl groups is 1. The Balaban J connectivity index is 2.06. The molecule has 0 bridgehead atoms. The SMILES string of the molecule is CCNC1CCn2c(C(=O)N(C)CC)c(O)c(=O)c(C(=O)NCc3ccc(F)c(Cl)c3F)c21. The van der Waals surface area contributed by atoms with Gasteiger partial charge >= 0.3 is 0 Å². The van der Waals surface area contributed by atoms with Crippen molar-refractivity contribution in [2.24, 2.45) is 0 Å². The lowest BCUT2D eigenvalue weighted by molar-refractivity contribution is 0.0785. The average molecular weight is 483 g/mol. The van der Waals surface area contributed by atoms with Crippen molar-refractivity contribution in [1.82, 2.24) is 20.1 Å². The number of carbonyl (C=O) groups is 2. The zero-order valence-corrected chi connectivity index (χ0v) is 19.2. The number of amides is 2. The van der Waals surface area contributed by atoms with E-state index in [1.165, 1.54) is 9.47 Å². The van der Waals surface area contributed by atoms with E-state index in [1.54, 1.807) is 14.0 Å². The number of carbonyl (C=O) groups excluding carboxylic acids is 2. The quantitative estimate of drug-likeness (QED) is 0.526. The number of fused-ring (bicyclic) bond motifs is 1. The van der Waals surface area contributed by atoms with Gasteiger partial charge in [-0.25, -0.2) is 8.78 Å². The van der Waals surface area contributed by atoms with Crippen LogP contribution >= 0.6 is 11.6 Å². The second-order valence-corrected chi connectivity index (χ2v) is 8.05. The molecule has 1 aliphatic heterocycles. The minimum Gasteiger partial charge on any atom is -0.503 e. The van der Waals surface area contributed by atoms with Crippen LogP contribution in [0.3, 0.4) is 0 Å². The summed E-state index contributed by atoms with van der Waals surface area (Å²) in [5.74, 6) is -4.17. The van der Waals surface area contributed by atoms with Crippen LogP contribution in [0.1, 0.15) is 58.4 Å². The zero-order chi connectivity index (χ0) is 24.4. The highest BCUT2D eigenvalue weighted by Crippen LogP contribution is 2.32. The Morgan fingerprint density at radius 2 is 2.00 bits per heavy atom. The number of nitrogens with one attached hydrogen (secondary N) is 2. The molecule has 1 aromatic carbocycles. The van der Waals surface area contributed by atoms with Gasteiger partial charge < -0.3 is 25.2 Å². The van der Waals surface area contributed by atoms with Crippen LogP contribution < -0.4 is 16.1 Å². The summed E-state index contributed by atoms with van der Waals surface area (Å²) in [6.45, 7) is 4.45. The smallest absolute Gasteiger partial charge is 0.274 e. The Kier molecular flexibility index (Phi) is 7.38. The minimum atomic E-state index is -1.02. The van der Waals surface area contributed by atoms with Crippen LogP contribution in [0.2, 0.25) is 5.02 Å². The van der Waals surface area contributed by atoms with Gasteiger partial charge in [0.05, 0.1) is 11.7 Å². The third kappa shape index (κ3) is 4.45. The van der Waals surface area contributed by atoms with E-state index in [0.29, 0.717) is 26.1 Å². The first-order valence-electron chi connectivity index (χ1n) is 10.5. The fourth-order valence-electron chi connectivity index (χ4n) is 3.89. The number of aromatic nitrogens is 1. The number of hydrogen-bond donors (Lipinski definition) is 3. The van der Waals surface area contributed by atoms with Gasteiger partial charge in [0.15, 0.2) is 11.4 Å². The normalized spacial score (nSPS) is 14.8. The summed E-state index contributed by atoms with van der Waals surface area (Å²) in [6, 6.07) is 1.70. The molecule has 1 unspecified atom stereocenters. The highest BCUT2D eigenvalue weighted by atomic mass is 35.5. The first kappa shape index (κ1) is 24.7. The van der Waals surface area contributed by atoms with Crippen molar-refractivity contribution in [2.45, 2.75) is 39.4 Å². The Morgan fingerprint density at radius 3 is 2.64 bits per heavy atom. The summed E-state index contributed by atoms with van der Waals surface area (Å²) in [5, 5.41) is 15.5. The van der Waals surface area contributed by atoms with Crippen molar-refractivity contribution >= 4 is 23.4 Å². The predicted octanol–water partition coefficient (Wildman–Crippen LogP) is 2.56. The Bertz CT molecular complexity index is 1170. The minimum absolute atomic E-state index is 0.0738. The van der Waals surface area contributed by atoms with Crippen LogP contribution in [-0.4, -0.2) is 46.5 Å². The summed E-state index contributed by atoms with van der Waals surface area (Å²) in [4.78, 5) is 40.3. The molecule has 0 radical (unpaired) electrons. The molecule has 2 aromatic rings. The number of nitrogens with zero attached hydrogens (tertiary/aromatic N) is 2. The highest BCUT2D eigenvalue weighted by molar-refractivity contribution is 6.30. The van der Waals surface area contributed by atoms with E-state index < -0.39 is 45.7 Å². The molecule has 0 aliphatic carbocycles. The standard InChI is InChI=1S/C22H25ClF2N4O4/c1-4-26-13-8-9-29-17(13)14(19(30)20(31)18(29)22(33)28(3)5-2)21(32)27-10-11-6-7-12(24)15(23)16(11)25/h6-7,13,26,31H,4-5,8-10H2,1-3H3,(H,27,32). The van der Waals surface area contributed by atoms with Gasteiger partial charge in [-0.05, 0) is 26.0 Å². The van der Waals surface area contributed by atoms with Crippen molar-refractivity contribution < 1.29 is 23.5 Å². The molecular formula is C22H25ClF2N4O4. The van der Waals surface area contributed by atoms with E-state index in [9.17, 15) is 28.3 Å². The van der Waals surface area contributed by atoms with Crippen molar-refractivity contribution in [2.75, 3.05) is 20.1 Å². The van der Waals surface area contributed by atoms with Gasteiger partial charge in [0.2, 0.25) is 5.43 Å². The van der Waals surface area contributed by atoms with Gasteiger partial charge in [-0.1, -0.05) is 24.6 Å². The fraction of sp³-hybridized carbons (Fsp3) is 0.409. The third-order valence-electron chi connectivity index (χ3n) is 5.71. The molecule has 33 heavy (non-hydrogen) atoms. The van der Waals surface area contributed by atoms with Gasteiger partial charge in [0, 0.05) is 32.2 Å². The summed E-state index contributed by atoms with van der Waals surface area (Å²) in [7, 11) is 1.54. The van der Waals surface area contributed by atoms with E-state index in [0.717, 1.165) is 12.1 Å². The monoisotopic (exact) mass is 482 g/mol. The Morgan fingerprint density at radius 1 is 1.30 bits per heavy atom. The second-order valence-electron chi connectivity index (χ2n) is 7.67. The molecule has 2 heterocycles. The molecule has 2 amide bonds.